The van der Waals surface area contributed by atoms with Crippen molar-refractivity contribution < 1.29 is 23.5 Å². The lowest BCUT2D eigenvalue weighted by Crippen LogP contribution is -2.49. The Bertz CT molecular complexity index is 1140. The number of hydrogen-bond acceptors (Lipinski definition) is 9. The first-order chi connectivity index (χ1) is 16.6. The van der Waals surface area contributed by atoms with E-state index in [9.17, 15) is 4.79 Å². The Hall–Kier alpha value is -3.82. The van der Waals surface area contributed by atoms with Crippen LogP contribution in [0.5, 0.6) is 17.2 Å². The van der Waals surface area contributed by atoms with E-state index >= 15 is 0 Å². The molecule has 1 aromatic carbocycles. The van der Waals surface area contributed by atoms with Crippen molar-refractivity contribution in [1.29, 1.82) is 0 Å². The van der Waals surface area contributed by atoms with Gasteiger partial charge in [0, 0.05) is 49.4 Å². The zero-order valence-electron chi connectivity index (χ0n) is 19.5. The highest BCUT2D eigenvalue weighted by Crippen LogP contribution is 2.40. The molecule has 178 valence electrons. The first-order valence-corrected chi connectivity index (χ1v) is 11.3. The minimum absolute atomic E-state index is 0.0780. The van der Waals surface area contributed by atoms with E-state index in [1.807, 2.05) is 17.0 Å². The molecule has 34 heavy (non-hydrogen) atoms. The van der Waals surface area contributed by atoms with Crippen LogP contribution in [0.3, 0.4) is 0 Å². The highest BCUT2D eigenvalue weighted by atomic mass is 16.5. The summed E-state index contributed by atoms with van der Waals surface area (Å²) in [5, 5.41) is 4.07. The summed E-state index contributed by atoms with van der Waals surface area (Å²) < 4.78 is 21.5. The standard InChI is InChI=1S/C24H27N5O5/c1-31-18-12-17(13-19(32-2)21(18)33-3)24(30)29-10-8-28(9-11-29)20-7-6-16(14-25-20)22-26-23(34-27-22)15-4-5-15/h6-7,12-15H,4-5,8-11H2,1-3H3. The maximum Gasteiger partial charge on any atom is 0.254 e. The van der Waals surface area contributed by atoms with Gasteiger partial charge in [-0.05, 0) is 37.1 Å². The highest BCUT2D eigenvalue weighted by Gasteiger charge is 2.30. The SMILES string of the molecule is COc1cc(C(=O)N2CCN(c3ccc(-c4noc(C5CC5)n4)cn3)CC2)cc(OC)c1OC. The first-order valence-electron chi connectivity index (χ1n) is 11.3. The molecule has 1 aliphatic heterocycles. The molecule has 10 nitrogen and oxygen atoms in total. The molecular formula is C24H27N5O5. The van der Waals surface area contributed by atoms with E-state index in [0.717, 1.165) is 24.2 Å². The number of hydrogen-bond donors (Lipinski definition) is 0. The summed E-state index contributed by atoms with van der Waals surface area (Å²) in [6.45, 7) is 2.51. The van der Waals surface area contributed by atoms with Crippen LogP contribution in [0.2, 0.25) is 0 Å². The molecule has 1 saturated heterocycles. The summed E-state index contributed by atoms with van der Waals surface area (Å²) in [6.07, 6.45) is 4.00. The molecule has 10 heteroatoms. The maximum atomic E-state index is 13.2. The third-order valence-corrected chi connectivity index (χ3v) is 6.18. The molecule has 0 spiro atoms. The lowest BCUT2D eigenvalue weighted by molar-refractivity contribution is 0.0745. The molecule has 3 aromatic rings. The molecule has 2 fully saturated rings. The number of carbonyl (C=O) groups is 1. The van der Waals surface area contributed by atoms with Crippen molar-refractivity contribution in [3.8, 4) is 28.6 Å². The van der Waals surface area contributed by atoms with Gasteiger partial charge in [0.25, 0.3) is 5.91 Å². The average Bonchev–Trinajstić information content (AvgIpc) is 3.63. The Morgan fingerprint density at radius 2 is 1.71 bits per heavy atom. The topological polar surface area (TPSA) is 103 Å². The Kier molecular flexibility index (Phi) is 5.95. The van der Waals surface area contributed by atoms with E-state index < -0.39 is 0 Å². The molecule has 1 aliphatic carbocycles. The fourth-order valence-corrected chi connectivity index (χ4v) is 4.08. The van der Waals surface area contributed by atoms with Gasteiger partial charge in [-0.3, -0.25) is 4.79 Å². The Labute approximate surface area is 197 Å². The Morgan fingerprint density at radius 1 is 1.00 bits per heavy atom. The normalized spacial score (nSPS) is 15.9. The average molecular weight is 466 g/mol. The summed E-state index contributed by atoms with van der Waals surface area (Å²) in [5.74, 6) is 3.87. The summed E-state index contributed by atoms with van der Waals surface area (Å²) in [4.78, 5) is 26.2. The fraction of sp³-hybridized carbons (Fsp3) is 0.417. The number of piperazine rings is 1. The quantitative estimate of drug-likeness (QED) is 0.521. The molecule has 0 atom stereocenters. The number of benzene rings is 1. The fourth-order valence-electron chi connectivity index (χ4n) is 4.08. The summed E-state index contributed by atoms with van der Waals surface area (Å²) >= 11 is 0. The van der Waals surface area contributed by atoms with E-state index in [2.05, 4.69) is 20.0 Å². The molecule has 3 heterocycles. The number of ether oxygens (including phenoxy) is 3. The summed E-state index contributed by atoms with van der Waals surface area (Å²) in [5.41, 5.74) is 1.33. The van der Waals surface area contributed by atoms with Crippen LogP contribution in [-0.4, -0.2) is 73.4 Å². The molecule has 0 bridgehead atoms. The van der Waals surface area contributed by atoms with E-state index in [1.54, 1.807) is 18.3 Å². The molecule has 0 N–H and O–H groups in total. The lowest BCUT2D eigenvalue weighted by atomic mass is 10.1. The minimum atomic E-state index is -0.0780. The van der Waals surface area contributed by atoms with E-state index in [-0.39, 0.29) is 5.91 Å². The van der Waals surface area contributed by atoms with Crippen LogP contribution in [0, 0.1) is 0 Å². The third kappa shape index (κ3) is 4.23. The van der Waals surface area contributed by atoms with Crippen molar-refractivity contribution in [3.05, 3.63) is 41.9 Å². The number of methoxy groups -OCH3 is 3. The second-order valence-electron chi connectivity index (χ2n) is 8.33. The molecule has 2 aromatic heterocycles. The zero-order chi connectivity index (χ0) is 23.7. The van der Waals surface area contributed by atoms with Crippen molar-refractivity contribution in [1.82, 2.24) is 20.0 Å². The van der Waals surface area contributed by atoms with Crippen LogP contribution < -0.4 is 19.1 Å². The predicted octanol–water partition coefficient (Wildman–Crippen LogP) is 3.00. The molecule has 0 unspecified atom stereocenters. The van der Waals surface area contributed by atoms with Crippen molar-refractivity contribution in [3.63, 3.8) is 0 Å². The van der Waals surface area contributed by atoms with Crippen molar-refractivity contribution >= 4 is 11.7 Å². The van der Waals surface area contributed by atoms with Gasteiger partial charge in [-0.2, -0.15) is 4.98 Å². The van der Waals surface area contributed by atoms with Crippen molar-refractivity contribution in [2.75, 3.05) is 52.4 Å². The Morgan fingerprint density at radius 3 is 2.26 bits per heavy atom. The third-order valence-electron chi connectivity index (χ3n) is 6.18. The number of carbonyl (C=O) groups excluding carboxylic acids is 1. The molecular weight excluding hydrogens is 438 g/mol. The van der Waals surface area contributed by atoms with Gasteiger partial charge in [-0.15, -0.1) is 0 Å². The molecule has 2 aliphatic rings. The summed E-state index contributed by atoms with van der Waals surface area (Å²) in [7, 11) is 4.61. The molecule has 0 radical (unpaired) electrons. The van der Waals surface area contributed by atoms with Gasteiger partial charge < -0.3 is 28.5 Å². The highest BCUT2D eigenvalue weighted by molar-refractivity contribution is 5.95. The van der Waals surface area contributed by atoms with Gasteiger partial charge in [0.1, 0.15) is 5.82 Å². The van der Waals surface area contributed by atoms with Gasteiger partial charge in [0.15, 0.2) is 11.5 Å². The van der Waals surface area contributed by atoms with Crippen LogP contribution in [0.4, 0.5) is 5.82 Å². The number of rotatable bonds is 7. The van der Waals surface area contributed by atoms with Gasteiger partial charge in [-0.1, -0.05) is 5.16 Å². The minimum Gasteiger partial charge on any atom is -0.493 e. The van der Waals surface area contributed by atoms with Crippen LogP contribution in [-0.2, 0) is 0 Å². The van der Waals surface area contributed by atoms with E-state index in [1.165, 1.54) is 21.3 Å². The van der Waals surface area contributed by atoms with E-state index in [0.29, 0.717) is 66.6 Å². The van der Waals surface area contributed by atoms with Crippen LogP contribution in [0.15, 0.2) is 35.0 Å². The second kappa shape index (κ2) is 9.20. The van der Waals surface area contributed by atoms with Gasteiger partial charge in [0.2, 0.25) is 17.5 Å². The maximum absolute atomic E-state index is 13.2. The van der Waals surface area contributed by atoms with Gasteiger partial charge in [0.05, 0.1) is 21.3 Å². The smallest absolute Gasteiger partial charge is 0.254 e. The largest absolute Gasteiger partial charge is 0.493 e. The molecule has 5 rings (SSSR count). The van der Waals surface area contributed by atoms with Crippen LogP contribution >= 0.6 is 0 Å². The van der Waals surface area contributed by atoms with E-state index in [4.69, 9.17) is 18.7 Å². The van der Waals surface area contributed by atoms with Crippen molar-refractivity contribution in [2.45, 2.75) is 18.8 Å². The first kappa shape index (κ1) is 22.0. The number of anilines is 1. The number of nitrogens with zero attached hydrogens (tertiary/aromatic N) is 5. The number of aromatic nitrogens is 3. The number of amides is 1. The molecule has 1 saturated carbocycles. The molecule has 1 amide bonds. The van der Waals surface area contributed by atoms with Gasteiger partial charge >= 0.3 is 0 Å². The monoisotopic (exact) mass is 465 g/mol. The second-order valence-corrected chi connectivity index (χ2v) is 8.33. The number of pyridine rings is 1. The Balaban J connectivity index is 1.23. The summed E-state index contributed by atoms with van der Waals surface area (Å²) in [6, 6.07) is 7.28. The zero-order valence-corrected chi connectivity index (χ0v) is 19.5. The lowest BCUT2D eigenvalue weighted by Gasteiger charge is -2.35. The van der Waals surface area contributed by atoms with Crippen LogP contribution in [0.25, 0.3) is 11.4 Å². The van der Waals surface area contributed by atoms with Crippen molar-refractivity contribution in [2.24, 2.45) is 0 Å². The van der Waals surface area contributed by atoms with Crippen LogP contribution in [0.1, 0.15) is 35.0 Å². The van der Waals surface area contributed by atoms with Gasteiger partial charge in [-0.25, -0.2) is 4.98 Å². The predicted molar refractivity (Wildman–Crippen MR) is 124 cm³/mol.